The first-order valence-electron chi connectivity index (χ1n) is 13.3. The Bertz CT molecular complexity index is 818. The number of rotatable bonds is 5. The summed E-state index contributed by atoms with van der Waals surface area (Å²) in [6, 6.07) is 0. The van der Waals surface area contributed by atoms with Crippen LogP contribution in [0.1, 0.15) is 99.3 Å². The van der Waals surface area contributed by atoms with Crippen molar-refractivity contribution in [3.05, 3.63) is 11.6 Å². The first-order chi connectivity index (χ1) is 15.0. The van der Waals surface area contributed by atoms with Gasteiger partial charge in [-0.25, -0.2) is 9.78 Å². The Balaban J connectivity index is 1.44. The molecule has 4 nitrogen and oxygen atoms in total. The quantitative estimate of drug-likeness (QED) is 0.527. The maximum Gasteiger partial charge on any atom is 0.191 e. The van der Waals surface area contributed by atoms with Crippen LogP contribution < -0.4 is 0 Å². The maximum absolute atomic E-state index is 13.6. The van der Waals surface area contributed by atoms with Gasteiger partial charge in [0.15, 0.2) is 11.4 Å². The molecule has 5 aliphatic rings. The van der Waals surface area contributed by atoms with E-state index in [-0.39, 0.29) is 16.6 Å². The van der Waals surface area contributed by atoms with Crippen LogP contribution in [0.25, 0.3) is 0 Å². The second-order valence-corrected chi connectivity index (χ2v) is 13.0. The van der Waals surface area contributed by atoms with Crippen molar-refractivity contribution >= 4 is 5.78 Å². The minimum absolute atomic E-state index is 0.0355. The zero-order valence-corrected chi connectivity index (χ0v) is 21.1. The van der Waals surface area contributed by atoms with Crippen molar-refractivity contribution in [1.82, 2.24) is 0 Å². The van der Waals surface area contributed by atoms with E-state index in [1.54, 1.807) is 0 Å². The topological polar surface area (TPSA) is 55.8 Å². The summed E-state index contributed by atoms with van der Waals surface area (Å²) >= 11 is 0. The zero-order valence-electron chi connectivity index (χ0n) is 21.1. The molecule has 1 spiro atoms. The molecule has 4 fully saturated rings. The van der Waals surface area contributed by atoms with Gasteiger partial charge >= 0.3 is 0 Å². The van der Waals surface area contributed by atoms with Crippen molar-refractivity contribution in [2.24, 2.45) is 40.4 Å². The SMILES string of the molecule is CC(C)C(C)CCC(C)C1CCC2C3=CC(=O)C45CC(O)CCC4(C)C3(CCC21C)OO5. The van der Waals surface area contributed by atoms with Gasteiger partial charge in [-0.1, -0.05) is 54.4 Å². The molecule has 0 aromatic carbocycles. The first kappa shape index (κ1) is 23.1. The van der Waals surface area contributed by atoms with Crippen molar-refractivity contribution in [1.29, 1.82) is 0 Å². The number of hydrogen-bond donors (Lipinski definition) is 1. The minimum atomic E-state index is -1.000. The molecular formula is C28H44O4. The first-order valence-corrected chi connectivity index (χ1v) is 13.3. The molecule has 0 amide bonds. The maximum atomic E-state index is 13.6. The Kier molecular flexibility index (Phi) is 5.33. The van der Waals surface area contributed by atoms with Crippen molar-refractivity contribution in [3.8, 4) is 0 Å². The van der Waals surface area contributed by atoms with Gasteiger partial charge in [-0.2, -0.15) is 0 Å². The van der Waals surface area contributed by atoms with Crippen LogP contribution in [-0.4, -0.2) is 28.2 Å². The van der Waals surface area contributed by atoms with E-state index in [0.29, 0.717) is 24.2 Å². The van der Waals surface area contributed by atoms with Crippen molar-refractivity contribution in [2.75, 3.05) is 0 Å². The van der Waals surface area contributed by atoms with Gasteiger partial charge in [0, 0.05) is 11.8 Å². The molecule has 4 heteroatoms. The van der Waals surface area contributed by atoms with Crippen LogP contribution in [0.3, 0.4) is 0 Å². The summed E-state index contributed by atoms with van der Waals surface area (Å²) in [5.74, 6) is 3.37. The molecule has 1 N–H and O–H groups in total. The minimum Gasteiger partial charge on any atom is -0.393 e. The van der Waals surface area contributed by atoms with Gasteiger partial charge < -0.3 is 5.11 Å². The summed E-state index contributed by atoms with van der Waals surface area (Å²) in [6.07, 6.45) is 10.4. The molecular weight excluding hydrogens is 400 g/mol. The monoisotopic (exact) mass is 444 g/mol. The highest BCUT2D eigenvalue weighted by Gasteiger charge is 2.78. The molecule has 180 valence electrons. The number of aliphatic hydroxyl groups is 1. The third kappa shape index (κ3) is 2.75. The number of fused-ring (bicyclic) bond motifs is 2. The van der Waals surface area contributed by atoms with Gasteiger partial charge in [0.25, 0.3) is 0 Å². The van der Waals surface area contributed by atoms with Crippen LogP contribution in [0.2, 0.25) is 0 Å². The standard InChI is InChI=1S/C28H44O4/c1-17(2)18(3)7-8-19(4)21-9-10-22-23-15-24(30)28-16-20(29)11-12-26(28,6)27(23,31-32-28)14-13-25(21,22)5/h15,17-22,29H,7-14,16H2,1-6H3. The number of ketones is 1. The zero-order chi connectivity index (χ0) is 23.1. The lowest BCUT2D eigenvalue weighted by molar-refractivity contribution is -0.340. The van der Waals surface area contributed by atoms with Crippen LogP contribution in [0, 0.1) is 40.4 Å². The van der Waals surface area contributed by atoms with Crippen LogP contribution in [-0.2, 0) is 14.6 Å². The second kappa shape index (κ2) is 7.39. The Morgan fingerprint density at radius 2 is 1.72 bits per heavy atom. The van der Waals surface area contributed by atoms with E-state index in [0.717, 1.165) is 43.9 Å². The van der Waals surface area contributed by atoms with Crippen LogP contribution in [0.15, 0.2) is 11.6 Å². The van der Waals surface area contributed by atoms with Crippen LogP contribution >= 0.6 is 0 Å². The molecule has 5 rings (SSSR count). The van der Waals surface area contributed by atoms with Gasteiger partial charge in [0.1, 0.15) is 5.60 Å². The van der Waals surface area contributed by atoms with Gasteiger partial charge in [-0.05, 0) is 85.2 Å². The third-order valence-electron chi connectivity index (χ3n) is 11.5. The highest BCUT2D eigenvalue weighted by Crippen LogP contribution is 2.73. The smallest absolute Gasteiger partial charge is 0.191 e. The van der Waals surface area contributed by atoms with Gasteiger partial charge in [0.05, 0.1) is 6.10 Å². The molecule has 2 bridgehead atoms. The highest BCUT2D eigenvalue weighted by molar-refractivity contribution is 6.01. The Labute approximate surface area is 194 Å². The number of aliphatic hydroxyl groups excluding tert-OH is 1. The lowest BCUT2D eigenvalue weighted by Gasteiger charge is -2.59. The van der Waals surface area contributed by atoms with Crippen molar-refractivity contribution < 1.29 is 19.7 Å². The average Bonchev–Trinajstić information content (AvgIpc) is 3.18. The molecule has 4 aliphatic carbocycles. The molecule has 0 aromatic rings. The molecule has 0 radical (unpaired) electrons. The fourth-order valence-electron chi connectivity index (χ4n) is 8.78. The van der Waals surface area contributed by atoms with Crippen LogP contribution in [0.5, 0.6) is 0 Å². The third-order valence-corrected chi connectivity index (χ3v) is 11.5. The fourth-order valence-corrected chi connectivity index (χ4v) is 8.78. The molecule has 3 saturated carbocycles. The van der Waals surface area contributed by atoms with Gasteiger partial charge in [-0.3, -0.25) is 4.79 Å². The van der Waals surface area contributed by atoms with E-state index < -0.39 is 17.3 Å². The molecule has 1 saturated heterocycles. The summed E-state index contributed by atoms with van der Waals surface area (Å²) in [4.78, 5) is 25.8. The summed E-state index contributed by atoms with van der Waals surface area (Å²) in [5, 5.41) is 10.4. The summed E-state index contributed by atoms with van der Waals surface area (Å²) in [6.45, 7) is 14.3. The lowest BCUT2D eigenvalue weighted by Crippen LogP contribution is -2.66. The summed E-state index contributed by atoms with van der Waals surface area (Å²) in [5.41, 5.74) is -0.407. The largest absolute Gasteiger partial charge is 0.393 e. The Morgan fingerprint density at radius 3 is 2.44 bits per heavy atom. The second-order valence-electron chi connectivity index (χ2n) is 13.0. The Hall–Kier alpha value is -0.710. The lowest BCUT2D eigenvalue weighted by atomic mass is 9.44. The molecule has 1 heterocycles. The van der Waals surface area contributed by atoms with E-state index in [1.807, 2.05) is 6.08 Å². The van der Waals surface area contributed by atoms with Crippen molar-refractivity contribution in [3.63, 3.8) is 0 Å². The fraction of sp³-hybridized carbons (Fsp3) is 0.893. The normalized spacial score (nSPS) is 49.3. The molecule has 0 aromatic heterocycles. The summed E-state index contributed by atoms with van der Waals surface area (Å²) < 4.78 is 0. The van der Waals surface area contributed by atoms with Crippen LogP contribution in [0.4, 0.5) is 0 Å². The number of hydrogen-bond acceptors (Lipinski definition) is 4. The van der Waals surface area contributed by atoms with Gasteiger partial charge in [-0.15, -0.1) is 0 Å². The van der Waals surface area contributed by atoms with Crippen molar-refractivity contribution in [2.45, 2.75) is 117 Å². The average molecular weight is 445 g/mol. The molecule has 1 aliphatic heterocycles. The summed E-state index contributed by atoms with van der Waals surface area (Å²) in [7, 11) is 0. The van der Waals surface area contributed by atoms with E-state index in [4.69, 9.17) is 9.78 Å². The number of carbonyl (C=O) groups excluding carboxylic acids is 1. The predicted molar refractivity (Wildman–Crippen MR) is 125 cm³/mol. The van der Waals surface area contributed by atoms with E-state index in [1.165, 1.54) is 24.8 Å². The highest BCUT2D eigenvalue weighted by atomic mass is 17.2. The predicted octanol–water partition coefficient (Wildman–Crippen LogP) is 6.02. The number of carbonyl (C=O) groups is 1. The van der Waals surface area contributed by atoms with E-state index >= 15 is 0 Å². The molecule has 9 atom stereocenters. The Morgan fingerprint density at radius 1 is 1.00 bits per heavy atom. The molecule has 9 unspecified atom stereocenters. The van der Waals surface area contributed by atoms with E-state index in [2.05, 4.69) is 41.5 Å². The molecule has 32 heavy (non-hydrogen) atoms. The van der Waals surface area contributed by atoms with E-state index in [9.17, 15) is 9.90 Å². The van der Waals surface area contributed by atoms with Gasteiger partial charge in [0.2, 0.25) is 0 Å².